The first kappa shape index (κ1) is 29.7. The third kappa shape index (κ3) is 7.19. The standard InChI is InChI=1S/C29H39N3O7/c1-7-9-10-14-38-27(35)30-24(29(3,4)5)25(33)32-17-21(15-23(32)26(34)37-6)39-28(36)31-16-20-13-11-12-19(8-2)22(20)18-31/h7-8,11-13,21,23-24H,1-2,9-10,14-18H2,3-6H3,(H,30,35)/t21-,23+,24-/m1/s1. The van der Waals surface area contributed by atoms with Crippen molar-refractivity contribution in [3.63, 3.8) is 0 Å². The van der Waals surface area contributed by atoms with Gasteiger partial charge in [0.1, 0.15) is 18.2 Å². The summed E-state index contributed by atoms with van der Waals surface area (Å²) in [5, 5.41) is 2.65. The average Bonchev–Trinajstić information content (AvgIpc) is 3.53. The molecule has 0 bridgehead atoms. The summed E-state index contributed by atoms with van der Waals surface area (Å²) in [6, 6.07) is 3.88. The van der Waals surface area contributed by atoms with Crippen LogP contribution in [-0.2, 0) is 36.9 Å². The number of hydrogen-bond donors (Lipinski definition) is 1. The van der Waals surface area contributed by atoms with Gasteiger partial charge in [-0.05, 0) is 34.9 Å². The lowest BCUT2D eigenvalue weighted by Crippen LogP contribution is -2.57. The molecule has 0 aromatic heterocycles. The molecule has 0 radical (unpaired) electrons. The van der Waals surface area contributed by atoms with Gasteiger partial charge in [-0.3, -0.25) is 9.69 Å². The van der Waals surface area contributed by atoms with Crippen molar-refractivity contribution in [2.24, 2.45) is 5.41 Å². The lowest BCUT2D eigenvalue weighted by molar-refractivity contribution is -0.152. The second-order valence-corrected chi connectivity index (χ2v) is 10.8. The van der Waals surface area contributed by atoms with Crippen LogP contribution in [0.1, 0.15) is 56.7 Å². The van der Waals surface area contributed by atoms with Crippen molar-refractivity contribution in [3.05, 3.63) is 54.1 Å². The Morgan fingerprint density at radius 3 is 2.56 bits per heavy atom. The molecular formula is C29H39N3O7. The number of hydrogen-bond acceptors (Lipinski definition) is 7. The lowest BCUT2D eigenvalue weighted by Gasteiger charge is -2.34. The van der Waals surface area contributed by atoms with Gasteiger partial charge in [0.25, 0.3) is 0 Å². The summed E-state index contributed by atoms with van der Waals surface area (Å²) < 4.78 is 15.9. The molecule has 0 saturated carbocycles. The van der Waals surface area contributed by atoms with Gasteiger partial charge in [0.15, 0.2) is 0 Å². The molecule has 1 aromatic rings. The van der Waals surface area contributed by atoms with Gasteiger partial charge < -0.3 is 24.4 Å². The number of unbranched alkanes of at least 4 members (excludes halogenated alkanes) is 1. The number of nitrogens with zero attached hydrogens (tertiary/aromatic N) is 2. The van der Waals surface area contributed by atoms with E-state index in [0.29, 0.717) is 25.9 Å². The van der Waals surface area contributed by atoms with E-state index in [-0.39, 0.29) is 19.6 Å². The molecule has 3 rings (SSSR count). The largest absolute Gasteiger partial charge is 0.467 e. The molecule has 212 valence electrons. The van der Waals surface area contributed by atoms with E-state index in [1.54, 1.807) is 37.8 Å². The van der Waals surface area contributed by atoms with Crippen LogP contribution in [0.15, 0.2) is 37.4 Å². The minimum atomic E-state index is -0.989. The van der Waals surface area contributed by atoms with E-state index in [0.717, 1.165) is 16.7 Å². The summed E-state index contributed by atoms with van der Waals surface area (Å²) in [6.07, 6.45) is 2.91. The number of methoxy groups -OCH3 is 1. The fourth-order valence-electron chi connectivity index (χ4n) is 4.84. The SMILES string of the molecule is C=CCCCOC(=O)N[C@H](C(=O)N1C[C@H](OC(=O)N2Cc3cccc(C=C)c3C2)C[C@H]1C(=O)OC)C(C)(C)C. The predicted octanol–water partition coefficient (Wildman–Crippen LogP) is 4.03. The van der Waals surface area contributed by atoms with Crippen molar-refractivity contribution in [2.45, 2.75) is 71.3 Å². The number of rotatable bonds is 9. The topological polar surface area (TPSA) is 114 Å². The average molecular weight is 542 g/mol. The first-order valence-corrected chi connectivity index (χ1v) is 13.1. The van der Waals surface area contributed by atoms with Gasteiger partial charge in [0.2, 0.25) is 5.91 Å². The summed E-state index contributed by atoms with van der Waals surface area (Å²) in [5.74, 6) is -1.10. The Hall–Kier alpha value is -3.82. The van der Waals surface area contributed by atoms with E-state index in [4.69, 9.17) is 14.2 Å². The molecule has 1 fully saturated rings. The lowest BCUT2D eigenvalue weighted by atomic mass is 9.85. The normalized spacial score (nSPS) is 19.1. The van der Waals surface area contributed by atoms with Gasteiger partial charge >= 0.3 is 18.2 Å². The molecular weight excluding hydrogens is 502 g/mol. The van der Waals surface area contributed by atoms with Crippen LogP contribution in [0.2, 0.25) is 0 Å². The number of allylic oxidation sites excluding steroid dienone is 1. The number of alkyl carbamates (subject to hydrolysis) is 1. The summed E-state index contributed by atoms with van der Waals surface area (Å²) in [6.45, 7) is 13.8. The van der Waals surface area contributed by atoms with Crippen molar-refractivity contribution < 1.29 is 33.4 Å². The van der Waals surface area contributed by atoms with E-state index in [1.165, 1.54) is 12.0 Å². The fraction of sp³-hybridized carbons (Fsp3) is 0.517. The number of benzene rings is 1. The van der Waals surface area contributed by atoms with E-state index >= 15 is 0 Å². The molecule has 3 atom stereocenters. The molecule has 1 saturated heterocycles. The van der Waals surface area contributed by atoms with Crippen molar-refractivity contribution >= 4 is 30.1 Å². The zero-order chi connectivity index (χ0) is 28.7. The van der Waals surface area contributed by atoms with Gasteiger partial charge in [-0.1, -0.05) is 57.7 Å². The minimum absolute atomic E-state index is 0.00826. The molecule has 0 spiro atoms. The van der Waals surface area contributed by atoms with Crippen LogP contribution in [0.3, 0.4) is 0 Å². The first-order valence-electron chi connectivity index (χ1n) is 13.1. The summed E-state index contributed by atoms with van der Waals surface area (Å²) in [5.41, 5.74) is 2.31. The molecule has 2 aliphatic rings. The molecule has 0 unspecified atom stereocenters. The fourth-order valence-corrected chi connectivity index (χ4v) is 4.84. The summed E-state index contributed by atoms with van der Waals surface area (Å²) in [4.78, 5) is 54.8. The third-order valence-corrected chi connectivity index (χ3v) is 6.94. The zero-order valence-electron chi connectivity index (χ0n) is 23.2. The molecule has 0 aliphatic carbocycles. The van der Waals surface area contributed by atoms with Crippen molar-refractivity contribution in [2.75, 3.05) is 20.3 Å². The molecule has 39 heavy (non-hydrogen) atoms. The predicted molar refractivity (Wildman–Crippen MR) is 145 cm³/mol. The van der Waals surface area contributed by atoms with Gasteiger partial charge in [0.05, 0.1) is 26.8 Å². The van der Waals surface area contributed by atoms with Crippen molar-refractivity contribution in [3.8, 4) is 0 Å². The first-order chi connectivity index (χ1) is 18.5. The van der Waals surface area contributed by atoms with E-state index < -0.39 is 47.7 Å². The highest BCUT2D eigenvalue weighted by atomic mass is 16.6. The Labute approximate surface area is 229 Å². The molecule has 3 amide bonds. The minimum Gasteiger partial charge on any atom is -0.467 e. The van der Waals surface area contributed by atoms with E-state index in [9.17, 15) is 19.2 Å². The van der Waals surface area contributed by atoms with Crippen molar-refractivity contribution in [1.29, 1.82) is 0 Å². The van der Waals surface area contributed by atoms with Gasteiger partial charge in [-0.15, -0.1) is 6.58 Å². The molecule has 10 nitrogen and oxygen atoms in total. The zero-order valence-corrected chi connectivity index (χ0v) is 23.2. The Kier molecular flexibility index (Phi) is 9.77. The number of nitrogens with one attached hydrogen (secondary N) is 1. The summed E-state index contributed by atoms with van der Waals surface area (Å²) in [7, 11) is 1.24. The molecule has 1 aromatic carbocycles. The Bertz CT molecular complexity index is 1110. The maximum absolute atomic E-state index is 13.7. The van der Waals surface area contributed by atoms with Crippen LogP contribution in [0, 0.1) is 5.41 Å². The monoisotopic (exact) mass is 541 g/mol. The van der Waals surface area contributed by atoms with Crippen LogP contribution >= 0.6 is 0 Å². The van der Waals surface area contributed by atoms with Crippen LogP contribution < -0.4 is 5.32 Å². The Balaban J connectivity index is 1.70. The van der Waals surface area contributed by atoms with E-state index in [1.807, 2.05) is 18.2 Å². The maximum atomic E-state index is 13.7. The van der Waals surface area contributed by atoms with Crippen LogP contribution in [-0.4, -0.2) is 72.3 Å². The highest BCUT2D eigenvalue weighted by Gasteiger charge is 2.47. The van der Waals surface area contributed by atoms with Crippen LogP contribution in [0.25, 0.3) is 6.08 Å². The number of likely N-dealkylation sites (tertiary alicyclic amines) is 1. The van der Waals surface area contributed by atoms with Crippen LogP contribution in [0.4, 0.5) is 9.59 Å². The van der Waals surface area contributed by atoms with Gasteiger partial charge in [0, 0.05) is 13.0 Å². The second kappa shape index (κ2) is 12.8. The Morgan fingerprint density at radius 2 is 1.92 bits per heavy atom. The third-order valence-electron chi connectivity index (χ3n) is 6.94. The quantitative estimate of drug-likeness (QED) is 0.217. The maximum Gasteiger partial charge on any atom is 0.410 e. The number of esters is 1. The number of carbonyl (C=O) groups excluding carboxylic acids is 4. The van der Waals surface area contributed by atoms with Gasteiger partial charge in [-0.2, -0.15) is 0 Å². The Morgan fingerprint density at radius 1 is 1.18 bits per heavy atom. The molecule has 2 heterocycles. The van der Waals surface area contributed by atoms with E-state index in [2.05, 4.69) is 18.5 Å². The second-order valence-electron chi connectivity index (χ2n) is 10.8. The van der Waals surface area contributed by atoms with Gasteiger partial charge in [-0.25, -0.2) is 14.4 Å². The number of amides is 3. The highest BCUT2D eigenvalue weighted by molar-refractivity contribution is 5.91. The number of fused-ring (bicyclic) bond motifs is 1. The molecule has 2 aliphatic heterocycles. The molecule has 10 heteroatoms. The smallest absolute Gasteiger partial charge is 0.410 e. The summed E-state index contributed by atoms with van der Waals surface area (Å²) >= 11 is 0. The number of carbonyl (C=O) groups is 4. The van der Waals surface area contributed by atoms with Crippen LogP contribution in [0.5, 0.6) is 0 Å². The highest BCUT2D eigenvalue weighted by Crippen LogP contribution is 2.30. The number of ether oxygens (including phenoxy) is 3. The molecule has 1 N–H and O–H groups in total. The van der Waals surface area contributed by atoms with Crippen molar-refractivity contribution in [1.82, 2.24) is 15.1 Å².